The Morgan fingerprint density at radius 1 is 0.671 bits per heavy atom. The van der Waals surface area contributed by atoms with Crippen molar-refractivity contribution in [3.8, 4) is 17.2 Å². The van der Waals surface area contributed by atoms with Gasteiger partial charge >= 0.3 is 5.97 Å². The average Bonchev–Trinajstić information content (AvgIpc) is 3.46. The Balaban J connectivity index is 0.719. The molecule has 1 aliphatic rings. The van der Waals surface area contributed by atoms with Gasteiger partial charge in [-0.15, -0.1) is 0 Å². The van der Waals surface area contributed by atoms with Crippen LogP contribution in [0.4, 0.5) is 5.69 Å². The molecule has 1 saturated heterocycles. The topological polar surface area (TPSA) is 249 Å². The van der Waals surface area contributed by atoms with Crippen LogP contribution in [-0.4, -0.2) is 158 Å². The van der Waals surface area contributed by atoms with E-state index in [4.69, 9.17) is 42.6 Å². The number of ether oxygens (including phenoxy) is 9. The van der Waals surface area contributed by atoms with Gasteiger partial charge < -0.3 is 63.4 Å². The van der Waals surface area contributed by atoms with Gasteiger partial charge in [0.25, 0.3) is 11.8 Å². The first-order valence-electron chi connectivity index (χ1n) is 26.5. The maximum absolute atomic E-state index is 13.4. The van der Waals surface area contributed by atoms with Crippen molar-refractivity contribution in [1.29, 1.82) is 0 Å². The number of hydrogen-bond acceptors (Lipinski definition) is 16. The number of amides is 2. The molecule has 0 saturated carbocycles. The Morgan fingerprint density at radius 3 is 1.75 bits per heavy atom. The second-order valence-corrected chi connectivity index (χ2v) is 22.5. The summed E-state index contributed by atoms with van der Waals surface area (Å²) in [5, 5.41) is 16.5. The zero-order valence-electron chi connectivity index (χ0n) is 46.1. The molecule has 79 heavy (non-hydrogen) atoms. The lowest BCUT2D eigenvalue weighted by atomic mass is 9.85. The van der Waals surface area contributed by atoms with Crippen molar-refractivity contribution in [2.75, 3.05) is 117 Å². The maximum atomic E-state index is 13.4. The van der Waals surface area contributed by atoms with Crippen molar-refractivity contribution in [3.63, 3.8) is 0 Å². The number of carbonyl (C=O) groups is 3. The largest absolute Gasteiger partial charge is 0.504 e. The molecule has 0 atom stereocenters. The van der Waals surface area contributed by atoms with E-state index in [1.165, 1.54) is 40.8 Å². The monoisotopic (exact) mass is 1120 g/mol. The third kappa shape index (κ3) is 19.7. The number of pyridine rings is 1. The van der Waals surface area contributed by atoms with Crippen LogP contribution in [0, 0.1) is 0 Å². The Morgan fingerprint density at radius 2 is 1.20 bits per heavy atom. The van der Waals surface area contributed by atoms with Crippen LogP contribution in [0.3, 0.4) is 0 Å². The third-order valence-electron chi connectivity index (χ3n) is 12.4. The van der Waals surface area contributed by atoms with Crippen molar-refractivity contribution in [2.45, 2.75) is 76.2 Å². The summed E-state index contributed by atoms with van der Waals surface area (Å²) in [6.07, 6.45) is 2.72. The lowest BCUT2D eigenvalue weighted by molar-refractivity contribution is -0.153. The number of rotatable bonds is 31. The van der Waals surface area contributed by atoms with E-state index in [9.17, 15) is 32.7 Å². The normalized spacial score (nSPS) is 13.5. The minimum atomic E-state index is -3.75. The fraction of sp³-hybridized carbons (Fsp3) is 0.483. The summed E-state index contributed by atoms with van der Waals surface area (Å²) in [6, 6.07) is 23.6. The van der Waals surface area contributed by atoms with Crippen molar-refractivity contribution in [2.24, 2.45) is 0 Å². The molecule has 21 heteroatoms. The van der Waals surface area contributed by atoms with E-state index in [1.807, 2.05) is 45.0 Å². The number of carbonyl (C=O) groups excluding carboxylic acids is 3. The Kier molecular flexibility index (Phi) is 23.6. The number of benzene rings is 4. The lowest BCUT2D eigenvalue weighted by Crippen LogP contribution is -2.38. The predicted molar refractivity (Wildman–Crippen MR) is 297 cm³/mol. The molecule has 430 valence electrons. The Hall–Kier alpha value is -6.43. The van der Waals surface area contributed by atoms with Gasteiger partial charge in [0.05, 0.1) is 84.2 Å². The van der Waals surface area contributed by atoms with Gasteiger partial charge in [-0.3, -0.25) is 19.2 Å². The van der Waals surface area contributed by atoms with E-state index in [2.05, 4.69) is 15.6 Å². The quantitative estimate of drug-likeness (QED) is 0.0258. The van der Waals surface area contributed by atoms with Crippen molar-refractivity contribution >= 4 is 44.4 Å². The molecule has 0 radical (unpaired) electrons. The zero-order chi connectivity index (χ0) is 56.8. The van der Waals surface area contributed by atoms with E-state index in [0.717, 1.165) is 5.56 Å². The minimum Gasteiger partial charge on any atom is -0.504 e. The second kappa shape index (κ2) is 30.2. The van der Waals surface area contributed by atoms with Crippen LogP contribution in [-0.2, 0) is 53.4 Å². The molecular formula is C58H76N4O16S. The lowest BCUT2D eigenvalue weighted by Gasteiger charge is -2.31. The van der Waals surface area contributed by atoms with Gasteiger partial charge in [-0.2, -0.15) is 4.31 Å². The molecule has 1 aliphatic heterocycles. The maximum Gasteiger partial charge on any atom is 0.325 e. The smallest absolute Gasteiger partial charge is 0.325 e. The van der Waals surface area contributed by atoms with E-state index in [0.29, 0.717) is 133 Å². The number of H-pyrrole nitrogens is 1. The second-order valence-electron chi connectivity index (χ2n) is 20.6. The summed E-state index contributed by atoms with van der Waals surface area (Å²) in [7, 11) is -3.75. The van der Waals surface area contributed by atoms with Crippen LogP contribution in [0.15, 0.2) is 101 Å². The zero-order valence-corrected chi connectivity index (χ0v) is 46.9. The van der Waals surface area contributed by atoms with Crippen molar-refractivity contribution < 1.29 is 70.5 Å². The molecular weight excluding hydrogens is 1040 g/mol. The summed E-state index contributed by atoms with van der Waals surface area (Å²) in [4.78, 5) is 53.8. The van der Waals surface area contributed by atoms with Gasteiger partial charge in [0.1, 0.15) is 36.7 Å². The van der Waals surface area contributed by atoms with Crippen LogP contribution in [0.5, 0.6) is 17.2 Å². The minimum absolute atomic E-state index is 0.0408. The van der Waals surface area contributed by atoms with Gasteiger partial charge in [0, 0.05) is 47.5 Å². The number of anilines is 1. The van der Waals surface area contributed by atoms with Crippen LogP contribution in [0.1, 0.15) is 92.1 Å². The summed E-state index contributed by atoms with van der Waals surface area (Å²) in [5.74, 6) is -0.662. The SMILES string of the molecule is CC(C)(C)OC(=O)CNC(=O)c1ccc(S(=O)(=O)N2CCC(c3ccc(OCCOCCOCCOCCOCCOCCOCCOc4cc(C(C)(C)C)c(NC(=O)c5c[nH]c6ccccc6c5=O)cc4O)cc3)CC2)cc1. The number of fused-ring (bicyclic) bond motifs is 1. The number of piperidine rings is 1. The summed E-state index contributed by atoms with van der Waals surface area (Å²) in [6.45, 7) is 16.8. The molecule has 1 aromatic heterocycles. The number of phenolic OH excluding ortho intramolecular Hbond substituents is 1. The Labute approximate surface area is 462 Å². The van der Waals surface area contributed by atoms with E-state index >= 15 is 0 Å². The standard InChI is InChI=1S/C58H76N4O16S/c1-57(2,3)48-37-52(51(63)38-50(48)61-56(67)47-39-59-49-10-8-7-9-46(49)54(47)65)77-36-34-75-32-30-73-28-26-71-24-23-70-25-27-72-29-31-74-33-35-76-44-15-11-41(12-16-44)42-19-21-62(22-20-42)79(68,69)45-17-13-43(14-18-45)55(66)60-40-53(64)78-58(4,5)6/h7-18,37-39,42,63H,19-36,40H2,1-6H3,(H,59,65)(H,60,66)(H,61,67). The number of phenols is 1. The number of nitrogens with one attached hydrogen (secondary N) is 3. The molecule has 0 unspecified atom stereocenters. The molecule has 0 bridgehead atoms. The Bertz CT molecular complexity index is 2910. The van der Waals surface area contributed by atoms with Crippen molar-refractivity contribution in [3.05, 3.63) is 124 Å². The summed E-state index contributed by atoms with van der Waals surface area (Å²) in [5.41, 5.74) is 1.52. The van der Waals surface area contributed by atoms with E-state index < -0.39 is 44.3 Å². The molecule has 20 nitrogen and oxygen atoms in total. The van der Waals surface area contributed by atoms with Crippen molar-refractivity contribution in [1.82, 2.24) is 14.6 Å². The first-order chi connectivity index (χ1) is 37.8. The van der Waals surface area contributed by atoms with Crippen LogP contribution < -0.4 is 25.5 Å². The molecule has 4 N–H and O–H groups in total. The van der Waals surface area contributed by atoms with Gasteiger partial charge in [-0.25, -0.2) is 8.42 Å². The fourth-order valence-corrected chi connectivity index (χ4v) is 9.86. The van der Waals surface area contributed by atoms with E-state index in [1.54, 1.807) is 51.1 Å². The number of sulfonamides is 1. The highest BCUT2D eigenvalue weighted by Crippen LogP contribution is 2.39. The molecule has 5 aromatic rings. The highest BCUT2D eigenvalue weighted by Gasteiger charge is 2.31. The van der Waals surface area contributed by atoms with Gasteiger partial charge in [0.15, 0.2) is 11.5 Å². The molecule has 1 fully saturated rings. The fourth-order valence-electron chi connectivity index (χ4n) is 8.39. The average molecular weight is 1120 g/mol. The van der Waals surface area contributed by atoms with Crippen LogP contribution in [0.2, 0.25) is 0 Å². The molecule has 2 amide bonds. The first-order valence-corrected chi connectivity index (χ1v) is 28.0. The number of hydrogen-bond donors (Lipinski definition) is 4. The van der Waals surface area contributed by atoms with Crippen LogP contribution >= 0.6 is 0 Å². The molecule has 6 rings (SSSR count). The summed E-state index contributed by atoms with van der Waals surface area (Å²) >= 11 is 0. The molecule has 0 spiro atoms. The molecule has 2 heterocycles. The van der Waals surface area contributed by atoms with Crippen LogP contribution in [0.25, 0.3) is 10.9 Å². The molecule has 0 aliphatic carbocycles. The van der Waals surface area contributed by atoms with Gasteiger partial charge in [-0.1, -0.05) is 45.0 Å². The summed E-state index contributed by atoms with van der Waals surface area (Å²) < 4.78 is 78.7. The number of aromatic amines is 1. The number of esters is 1. The highest BCUT2D eigenvalue weighted by atomic mass is 32.2. The number of nitrogens with zero attached hydrogens (tertiary/aromatic N) is 1. The third-order valence-corrected chi connectivity index (χ3v) is 14.3. The highest BCUT2D eigenvalue weighted by molar-refractivity contribution is 7.89. The first kappa shape index (κ1) is 61.8. The number of aromatic nitrogens is 1. The predicted octanol–water partition coefficient (Wildman–Crippen LogP) is 6.98. The van der Waals surface area contributed by atoms with Gasteiger partial charge in [0.2, 0.25) is 15.5 Å². The number of para-hydroxylation sites is 1. The van der Waals surface area contributed by atoms with Gasteiger partial charge in [-0.05, 0) is 111 Å². The number of aromatic hydroxyl groups is 1. The molecule has 4 aromatic carbocycles. The van der Waals surface area contributed by atoms with E-state index in [-0.39, 0.29) is 53.2 Å².